The third-order valence-corrected chi connectivity index (χ3v) is 4.24. The molecular weight excluding hydrogens is 260 g/mol. The maximum absolute atomic E-state index is 12.8. The summed E-state index contributed by atoms with van der Waals surface area (Å²) < 4.78 is 5.28. The van der Waals surface area contributed by atoms with Gasteiger partial charge in [0, 0.05) is 13.1 Å². The predicted molar refractivity (Wildman–Crippen MR) is 75.2 cm³/mol. The first kappa shape index (κ1) is 16.9. The Kier molecular flexibility index (Phi) is 5.95. The third kappa shape index (κ3) is 3.30. The van der Waals surface area contributed by atoms with E-state index in [4.69, 9.17) is 10.5 Å². The van der Waals surface area contributed by atoms with Gasteiger partial charge in [-0.1, -0.05) is 13.8 Å². The molecule has 0 saturated carbocycles. The number of ether oxygens (including phenoxy) is 1. The highest BCUT2D eigenvalue weighted by Crippen LogP contribution is 2.28. The van der Waals surface area contributed by atoms with Gasteiger partial charge in [-0.15, -0.1) is 0 Å². The minimum absolute atomic E-state index is 0.0638. The summed E-state index contributed by atoms with van der Waals surface area (Å²) in [5.41, 5.74) is 5.11. The van der Waals surface area contributed by atoms with Crippen LogP contribution in [-0.4, -0.2) is 54.2 Å². The monoisotopic (exact) mass is 286 g/mol. The Morgan fingerprint density at radius 3 is 2.50 bits per heavy atom. The van der Waals surface area contributed by atoms with Crippen LogP contribution >= 0.6 is 0 Å². The van der Waals surface area contributed by atoms with Gasteiger partial charge in [-0.05, 0) is 19.8 Å². The lowest BCUT2D eigenvalue weighted by Crippen LogP contribution is -2.53. The minimum Gasteiger partial charge on any atom is -0.481 e. The Hall–Kier alpha value is -1.14. The van der Waals surface area contributed by atoms with Crippen molar-refractivity contribution in [2.45, 2.75) is 39.7 Å². The van der Waals surface area contributed by atoms with E-state index in [1.165, 1.54) is 0 Å². The predicted octanol–water partition coefficient (Wildman–Crippen LogP) is 0.700. The zero-order chi connectivity index (χ0) is 15.3. The maximum Gasteiger partial charge on any atom is 0.311 e. The van der Waals surface area contributed by atoms with Crippen molar-refractivity contribution in [3.8, 4) is 0 Å². The van der Waals surface area contributed by atoms with Crippen molar-refractivity contribution < 1.29 is 19.4 Å². The Morgan fingerprint density at radius 1 is 1.40 bits per heavy atom. The van der Waals surface area contributed by atoms with E-state index in [0.29, 0.717) is 13.0 Å². The highest BCUT2D eigenvalue weighted by Gasteiger charge is 2.43. The lowest BCUT2D eigenvalue weighted by Gasteiger charge is -2.37. The number of hydrogen-bond acceptors (Lipinski definition) is 4. The number of rotatable bonds is 7. The number of carbonyl (C=O) groups is 2. The Balaban J connectivity index is 2.99. The third-order valence-electron chi connectivity index (χ3n) is 4.24. The van der Waals surface area contributed by atoms with Gasteiger partial charge in [0.2, 0.25) is 5.91 Å². The van der Waals surface area contributed by atoms with E-state index in [1.54, 1.807) is 4.90 Å². The van der Waals surface area contributed by atoms with Crippen LogP contribution < -0.4 is 5.73 Å². The molecule has 116 valence electrons. The van der Waals surface area contributed by atoms with Gasteiger partial charge < -0.3 is 20.5 Å². The summed E-state index contributed by atoms with van der Waals surface area (Å²) in [5.74, 6) is -1.62. The number of amides is 1. The first-order valence-corrected chi connectivity index (χ1v) is 7.23. The van der Waals surface area contributed by atoms with Crippen LogP contribution in [0.1, 0.15) is 33.6 Å². The fourth-order valence-electron chi connectivity index (χ4n) is 2.47. The van der Waals surface area contributed by atoms with Gasteiger partial charge >= 0.3 is 5.97 Å². The van der Waals surface area contributed by atoms with E-state index in [-0.39, 0.29) is 25.7 Å². The molecule has 3 unspecified atom stereocenters. The fourth-order valence-corrected chi connectivity index (χ4v) is 2.47. The zero-order valence-corrected chi connectivity index (χ0v) is 12.6. The molecule has 20 heavy (non-hydrogen) atoms. The maximum atomic E-state index is 12.8. The highest BCUT2D eigenvalue weighted by molar-refractivity contribution is 5.84. The van der Waals surface area contributed by atoms with Crippen LogP contribution in [0.3, 0.4) is 0 Å². The molecule has 6 nitrogen and oxygen atoms in total. The van der Waals surface area contributed by atoms with Crippen molar-refractivity contribution in [1.82, 2.24) is 4.90 Å². The smallest absolute Gasteiger partial charge is 0.311 e. The molecule has 0 bridgehead atoms. The molecule has 1 saturated heterocycles. The second kappa shape index (κ2) is 7.04. The van der Waals surface area contributed by atoms with E-state index >= 15 is 0 Å². The number of nitrogens with two attached hydrogens (primary N) is 1. The van der Waals surface area contributed by atoms with E-state index in [2.05, 4.69) is 0 Å². The van der Waals surface area contributed by atoms with Crippen LogP contribution in [0.4, 0.5) is 0 Å². The SMILES string of the molecule is CCCN(C(=O)C(C)(CC)CN)C1COCC1C(=O)O. The van der Waals surface area contributed by atoms with Gasteiger partial charge in [0.1, 0.15) is 5.92 Å². The molecule has 1 rings (SSSR count). The van der Waals surface area contributed by atoms with Crippen LogP contribution in [0, 0.1) is 11.3 Å². The van der Waals surface area contributed by atoms with E-state index in [1.807, 2.05) is 20.8 Å². The van der Waals surface area contributed by atoms with E-state index < -0.39 is 23.3 Å². The molecule has 1 fully saturated rings. The lowest BCUT2D eigenvalue weighted by molar-refractivity contribution is -0.148. The molecule has 1 heterocycles. The van der Waals surface area contributed by atoms with Crippen molar-refractivity contribution in [1.29, 1.82) is 0 Å². The van der Waals surface area contributed by atoms with Crippen molar-refractivity contribution in [2.24, 2.45) is 17.1 Å². The van der Waals surface area contributed by atoms with Crippen molar-refractivity contribution >= 4 is 11.9 Å². The van der Waals surface area contributed by atoms with Crippen molar-refractivity contribution in [2.75, 3.05) is 26.3 Å². The van der Waals surface area contributed by atoms with Gasteiger partial charge in [-0.2, -0.15) is 0 Å². The van der Waals surface area contributed by atoms with Crippen LogP contribution in [0.25, 0.3) is 0 Å². The first-order chi connectivity index (χ1) is 9.41. The molecule has 0 spiro atoms. The Morgan fingerprint density at radius 2 is 2.05 bits per heavy atom. The lowest BCUT2D eigenvalue weighted by atomic mass is 9.85. The molecule has 1 amide bonds. The van der Waals surface area contributed by atoms with Crippen LogP contribution in [0.15, 0.2) is 0 Å². The molecule has 0 radical (unpaired) electrons. The molecule has 3 N–H and O–H groups in total. The van der Waals surface area contributed by atoms with E-state index in [0.717, 1.165) is 6.42 Å². The number of carbonyl (C=O) groups excluding carboxylic acids is 1. The second-order valence-electron chi connectivity index (χ2n) is 5.67. The fraction of sp³-hybridized carbons (Fsp3) is 0.857. The van der Waals surface area contributed by atoms with E-state index in [9.17, 15) is 14.7 Å². The summed E-state index contributed by atoms with van der Waals surface area (Å²) in [5, 5.41) is 9.26. The molecule has 0 aromatic carbocycles. The van der Waals surface area contributed by atoms with Crippen molar-refractivity contribution in [3.63, 3.8) is 0 Å². The summed E-state index contributed by atoms with van der Waals surface area (Å²) >= 11 is 0. The second-order valence-corrected chi connectivity index (χ2v) is 5.67. The van der Waals surface area contributed by atoms with Crippen LogP contribution in [0.2, 0.25) is 0 Å². The van der Waals surface area contributed by atoms with Gasteiger partial charge in [0.05, 0.1) is 24.7 Å². The molecule has 1 aliphatic rings. The van der Waals surface area contributed by atoms with Gasteiger partial charge in [0.25, 0.3) is 0 Å². The van der Waals surface area contributed by atoms with Gasteiger partial charge in [-0.3, -0.25) is 9.59 Å². The standard InChI is InChI=1S/C14H26N2O4/c1-4-6-16(13(19)14(3,5-2)9-15)11-8-20-7-10(11)12(17)18/h10-11H,4-9,15H2,1-3H3,(H,17,18). The Bertz CT molecular complexity index is 355. The molecule has 6 heteroatoms. The first-order valence-electron chi connectivity index (χ1n) is 7.23. The Labute approximate surface area is 120 Å². The summed E-state index contributed by atoms with van der Waals surface area (Å²) in [6.45, 7) is 6.97. The number of aliphatic carboxylic acids is 1. The topological polar surface area (TPSA) is 92.9 Å². The minimum atomic E-state index is -0.910. The number of carboxylic acid groups (broad SMARTS) is 1. The summed E-state index contributed by atoms with van der Waals surface area (Å²) in [4.78, 5) is 25.7. The summed E-state index contributed by atoms with van der Waals surface area (Å²) in [7, 11) is 0. The molecule has 0 aromatic rings. The molecule has 0 aromatic heterocycles. The molecular formula is C14H26N2O4. The van der Waals surface area contributed by atoms with Crippen LogP contribution in [0.5, 0.6) is 0 Å². The number of carboxylic acids is 1. The van der Waals surface area contributed by atoms with Crippen LogP contribution in [-0.2, 0) is 14.3 Å². The average molecular weight is 286 g/mol. The quantitative estimate of drug-likeness (QED) is 0.718. The average Bonchev–Trinajstić information content (AvgIpc) is 2.92. The largest absolute Gasteiger partial charge is 0.481 e. The molecule has 3 atom stereocenters. The molecule has 1 aliphatic heterocycles. The molecule has 0 aliphatic carbocycles. The van der Waals surface area contributed by atoms with Crippen molar-refractivity contribution in [3.05, 3.63) is 0 Å². The zero-order valence-electron chi connectivity index (χ0n) is 12.6. The van der Waals surface area contributed by atoms with Gasteiger partial charge in [-0.25, -0.2) is 0 Å². The number of nitrogens with zero attached hydrogens (tertiary/aromatic N) is 1. The van der Waals surface area contributed by atoms with Gasteiger partial charge in [0.15, 0.2) is 0 Å². The highest BCUT2D eigenvalue weighted by atomic mass is 16.5. The normalized spacial score (nSPS) is 25.2. The number of hydrogen-bond donors (Lipinski definition) is 2. The summed E-state index contributed by atoms with van der Waals surface area (Å²) in [6.07, 6.45) is 1.41. The summed E-state index contributed by atoms with van der Waals surface area (Å²) in [6, 6.07) is -0.391.